The number of rotatable bonds is 4. The second kappa shape index (κ2) is 7.09. The molecule has 0 unspecified atom stereocenters. The number of esters is 1. The Bertz CT molecular complexity index is 671. The molecule has 0 fully saturated rings. The van der Waals surface area contributed by atoms with Crippen molar-refractivity contribution in [2.75, 3.05) is 12.4 Å². The van der Waals surface area contributed by atoms with Crippen LogP contribution in [-0.2, 0) is 11.3 Å². The van der Waals surface area contributed by atoms with Crippen molar-refractivity contribution in [2.45, 2.75) is 13.5 Å². The SMILES string of the molecule is COC(=O)c1cc(Br)cc(Br)c1NCc1ccccc1C. The third-order valence-electron chi connectivity index (χ3n) is 3.18. The number of aryl methyl sites for hydroxylation is 1. The molecule has 110 valence electrons. The van der Waals surface area contributed by atoms with Crippen molar-refractivity contribution in [2.24, 2.45) is 0 Å². The molecule has 0 amide bonds. The van der Waals surface area contributed by atoms with Gasteiger partial charge in [-0.3, -0.25) is 0 Å². The maximum Gasteiger partial charge on any atom is 0.340 e. The standard InChI is InChI=1S/C16H15Br2NO2/c1-10-5-3-4-6-11(10)9-19-15-13(16(20)21-2)7-12(17)8-14(15)18/h3-8,19H,9H2,1-2H3. The van der Waals surface area contributed by atoms with E-state index in [9.17, 15) is 4.79 Å². The van der Waals surface area contributed by atoms with Crippen LogP contribution < -0.4 is 5.32 Å². The van der Waals surface area contributed by atoms with E-state index in [2.05, 4.69) is 56.2 Å². The second-order valence-electron chi connectivity index (χ2n) is 4.58. The van der Waals surface area contributed by atoms with E-state index in [1.165, 1.54) is 18.2 Å². The first kappa shape index (κ1) is 16.0. The van der Waals surface area contributed by atoms with E-state index in [1.54, 1.807) is 6.07 Å². The zero-order valence-electron chi connectivity index (χ0n) is 11.7. The quantitative estimate of drug-likeness (QED) is 0.724. The Kier molecular flexibility index (Phi) is 5.42. The molecule has 0 atom stereocenters. The number of benzene rings is 2. The number of methoxy groups -OCH3 is 1. The summed E-state index contributed by atoms with van der Waals surface area (Å²) in [5.41, 5.74) is 3.61. The van der Waals surface area contributed by atoms with Gasteiger partial charge in [0.2, 0.25) is 0 Å². The molecule has 0 aliphatic carbocycles. The summed E-state index contributed by atoms with van der Waals surface area (Å²) >= 11 is 6.87. The van der Waals surface area contributed by atoms with E-state index < -0.39 is 0 Å². The van der Waals surface area contributed by atoms with E-state index >= 15 is 0 Å². The maximum atomic E-state index is 11.9. The van der Waals surface area contributed by atoms with Gasteiger partial charge >= 0.3 is 5.97 Å². The van der Waals surface area contributed by atoms with E-state index in [-0.39, 0.29) is 5.97 Å². The molecule has 0 aliphatic heterocycles. The van der Waals surface area contributed by atoms with Gasteiger partial charge in [0.25, 0.3) is 0 Å². The predicted molar refractivity (Wildman–Crippen MR) is 91.7 cm³/mol. The maximum absolute atomic E-state index is 11.9. The summed E-state index contributed by atoms with van der Waals surface area (Å²) in [6.45, 7) is 2.70. The third kappa shape index (κ3) is 3.86. The molecule has 2 rings (SSSR count). The number of carbonyl (C=O) groups is 1. The van der Waals surface area contributed by atoms with Gasteiger partial charge in [-0.25, -0.2) is 4.79 Å². The highest BCUT2D eigenvalue weighted by molar-refractivity contribution is 9.11. The predicted octanol–water partition coefficient (Wildman–Crippen LogP) is 4.92. The van der Waals surface area contributed by atoms with Crippen molar-refractivity contribution in [3.05, 3.63) is 62.0 Å². The fraction of sp³-hybridized carbons (Fsp3) is 0.188. The Morgan fingerprint density at radius 2 is 1.95 bits per heavy atom. The largest absolute Gasteiger partial charge is 0.465 e. The molecule has 2 aromatic rings. The molecule has 0 aliphatic rings. The van der Waals surface area contributed by atoms with Gasteiger partial charge in [-0.2, -0.15) is 0 Å². The number of ether oxygens (including phenoxy) is 1. The van der Waals surface area contributed by atoms with Crippen molar-refractivity contribution in [1.29, 1.82) is 0 Å². The van der Waals surface area contributed by atoms with Crippen LogP contribution in [0.4, 0.5) is 5.69 Å². The molecule has 0 radical (unpaired) electrons. The molecular weight excluding hydrogens is 398 g/mol. The lowest BCUT2D eigenvalue weighted by Crippen LogP contribution is -2.09. The lowest BCUT2D eigenvalue weighted by atomic mass is 10.1. The first-order chi connectivity index (χ1) is 10.0. The molecule has 0 aromatic heterocycles. The molecule has 0 saturated heterocycles. The van der Waals surface area contributed by atoms with Crippen molar-refractivity contribution in [3.8, 4) is 0 Å². The van der Waals surface area contributed by atoms with Crippen molar-refractivity contribution in [3.63, 3.8) is 0 Å². The number of hydrogen-bond donors (Lipinski definition) is 1. The van der Waals surface area contributed by atoms with Gasteiger partial charge < -0.3 is 10.1 Å². The van der Waals surface area contributed by atoms with Gasteiger partial charge in [0.1, 0.15) is 0 Å². The Labute approximate surface area is 141 Å². The summed E-state index contributed by atoms with van der Waals surface area (Å²) < 4.78 is 6.47. The highest BCUT2D eigenvalue weighted by atomic mass is 79.9. The second-order valence-corrected chi connectivity index (χ2v) is 6.35. The van der Waals surface area contributed by atoms with Crippen molar-refractivity contribution < 1.29 is 9.53 Å². The van der Waals surface area contributed by atoms with Crippen LogP contribution in [0.3, 0.4) is 0 Å². The highest BCUT2D eigenvalue weighted by Gasteiger charge is 2.16. The van der Waals surface area contributed by atoms with Gasteiger partial charge in [-0.05, 0) is 46.1 Å². The smallest absolute Gasteiger partial charge is 0.340 e. The van der Waals surface area contributed by atoms with E-state index in [1.807, 2.05) is 18.2 Å². The van der Waals surface area contributed by atoms with Crippen LogP contribution in [0.5, 0.6) is 0 Å². The normalized spacial score (nSPS) is 10.3. The number of halogens is 2. The summed E-state index contributed by atoms with van der Waals surface area (Å²) in [5.74, 6) is -0.371. The lowest BCUT2D eigenvalue weighted by molar-refractivity contribution is 0.0601. The minimum Gasteiger partial charge on any atom is -0.465 e. The van der Waals surface area contributed by atoms with E-state index in [0.29, 0.717) is 12.1 Å². The molecule has 0 heterocycles. The zero-order valence-corrected chi connectivity index (χ0v) is 14.9. The van der Waals surface area contributed by atoms with Crippen LogP contribution in [0.15, 0.2) is 45.3 Å². The van der Waals surface area contributed by atoms with Crippen LogP contribution in [-0.4, -0.2) is 13.1 Å². The fourth-order valence-corrected chi connectivity index (χ4v) is 3.38. The molecule has 1 N–H and O–H groups in total. The molecule has 21 heavy (non-hydrogen) atoms. The number of nitrogens with one attached hydrogen (secondary N) is 1. The van der Waals surface area contributed by atoms with Gasteiger partial charge in [-0.1, -0.05) is 40.2 Å². The van der Waals surface area contributed by atoms with Crippen molar-refractivity contribution >= 4 is 43.5 Å². The summed E-state index contributed by atoms with van der Waals surface area (Å²) in [7, 11) is 1.38. The lowest BCUT2D eigenvalue weighted by Gasteiger charge is -2.14. The molecule has 0 saturated carbocycles. The average molecular weight is 413 g/mol. The average Bonchev–Trinajstić information content (AvgIpc) is 2.46. The highest BCUT2D eigenvalue weighted by Crippen LogP contribution is 2.31. The van der Waals surface area contributed by atoms with Gasteiger partial charge in [0.15, 0.2) is 0 Å². The number of hydrogen-bond acceptors (Lipinski definition) is 3. The Morgan fingerprint density at radius 1 is 1.24 bits per heavy atom. The van der Waals surface area contributed by atoms with Crippen LogP contribution in [0.1, 0.15) is 21.5 Å². The topological polar surface area (TPSA) is 38.3 Å². The van der Waals surface area contributed by atoms with E-state index in [0.717, 1.165) is 14.6 Å². The molecule has 0 spiro atoms. The minimum absolute atomic E-state index is 0.371. The first-order valence-electron chi connectivity index (χ1n) is 6.38. The van der Waals surface area contributed by atoms with Gasteiger partial charge in [0, 0.05) is 15.5 Å². The van der Waals surface area contributed by atoms with Crippen LogP contribution >= 0.6 is 31.9 Å². The fourth-order valence-electron chi connectivity index (χ4n) is 2.02. The summed E-state index contributed by atoms with van der Waals surface area (Å²) in [6.07, 6.45) is 0. The van der Waals surface area contributed by atoms with E-state index in [4.69, 9.17) is 4.74 Å². The van der Waals surface area contributed by atoms with Gasteiger partial charge in [0.05, 0.1) is 18.4 Å². The number of carbonyl (C=O) groups excluding carboxylic acids is 1. The van der Waals surface area contributed by atoms with Gasteiger partial charge in [-0.15, -0.1) is 0 Å². The van der Waals surface area contributed by atoms with Crippen LogP contribution in [0.2, 0.25) is 0 Å². The molecule has 2 aromatic carbocycles. The zero-order chi connectivity index (χ0) is 15.4. The Hall–Kier alpha value is -1.33. The Balaban J connectivity index is 2.31. The summed E-state index contributed by atoms with van der Waals surface area (Å²) in [5, 5.41) is 3.31. The molecule has 3 nitrogen and oxygen atoms in total. The third-order valence-corrected chi connectivity index (χ3v) is 4.26. The first-order valence-corrected chi connectivity index (χ1v) is 7.97. The minimum atomic E-state index is -0.371. The van der Waals surface area contributed by atoms with Crippen LogP contribution in [0.25, 0.3) is 0 Å². The number of anilines is 1. The molecule has 5 heteroatoms. The molecule has 0 bridgehead atoms. The summed E-state index contributed by atoms with van der Waals surface area (Å²) in [4.78, 5) is 11.9. The summed E-state index contributed by atoms with van der Waals surface area (Å²) in [6, 6.07) is 11.8. The van der Waals surface area contributed by atoms with Crippen LogP contribution in [0, 0.1) is 6.92 Å². The monoisotopic (exact) mass is 411 g/mol. The molecular formula is C16H15Br2NO2. The van der Waals surface area contributed by atoms with Crippen molar-refractivity contribution in [1.82, 2.24) is 0 Å². The Morgan fingerprint density at radius 3 is 2.62 bits per heavy atom.